The molecule has 1 aliphatic heterocycles. The number of rotatable bonds is 2. The number of carbonyl (C=O) groups excluding carboxylic acids is 1. The van der Waals surface area contributed by atoms with E-state index >= 15 is 0 Å². The molecule has 1 aliphatic rings. The lowest BCUT2D eigenvalue weighted by atomic mass is 9.92. The van der Waals surface area contributed by atoms with Gasteiger partial charge in [-0.25, -0.2) is 4.79 Å². The minimum absolute atomic E-state index is 0.0935. The van der Waals surface area contributed by atoms with E-state index in [1.54, 1.807) is 25.3 Å². The Morgan fingerprint density at radius 2 is 2.00 bits per heavy atom. The molecule has 1 fully saturated rings. The van der Waals surface area contributed by atoms with Gasteiger partial charge in [-0.2, -0.15) is 0 Å². The number of hydrogen-bond donors (Lipinski definition) is 1. The lowest BCUT2D eigenvalue weighted by Crippen LogP contribution is -2.44. The predicted octanol–water partition coefficient (Wildman–Crippen LogP) is 3.86. The molecule has 20 heavy (non-hydrogen) atoms. The first-order chi connectivity index (χ1) is 9.49. The molecule has 0 radical (unpaired) electrons. The van der Waals surface area contributed by atoms with Crippen molar-refractivity contribution in [1.82, 2.24) is 4.90 Å². The topological polar surface area (TPSA) is 41.6 Å². The normalized spacial score (nSPS) is 22.5. The number of nitrogens with one attached hydrogen (secondary N) is 1. The average Bonchev–Trinajstić information content (AvgIpc) is 2.37. The first-order valence-corrected chi connectivity index (χ1v) is 7.27. The smallest absolute Gasteiger partial charge is 0.321 e. The van der Waals surface area contributed by atoms with Crippen LogP contribution in [0.25, 0.3) is 0 Å². The molecule has 2 rings (SSSR count). The number of benzene rings is 1. The van der Waals surface area contributed by atoms with Crippen LogP contribution >= 0.6 is 11.6 Å². The van der Waals surface area contributed by atoms with Crippen molar-refractivity contribution in [2.45, 2.75) is 20.3 Å². The quantitative estimate of drug-likeness (QED) is 0.900. The molecule has 0 saturated carbocycles. The van der Waals surface area contributed by atoms with Crippen LogP contribution in [0.4, 0.5) is 10.5 Å². The summed E-state index contributed by atoms with van der Waals surface area (Å²) in [5, 5.41) is 3.46. The summed E-state index contributed by atoms with van der Waals surface area (Å²) in [6.07, 6.45) is 1.17. The van der Waals surface area contributed by atoms with Gasteiger partial charge in [0.2, 0.25) is 0 Å². The number of piperidine rings is 1. The molecular weight excluding hydrogens is 276 g/mol. The molecule has 110 valence electrons. The van der Waals surface area contributed by atoms with Crippen molar-refractivity contribution in [1.29, 1.82) is 0 Å². The molecule has 1 saturated heterocycles. The SMILES string of the molecule is COc1ccc(Cl)cc1NC(=O)N1C[C@H](C)C[C@@H](C)C1. The highest BCUT2D eigenvalue weighted by molar-refractivity contribution is 6.31. The average molecular weight is 297 g/mol. The highest BCUT2D eigenvalue weighted by Crippen LogP contribution is 2.28. The molecule has 1 aromatic carbocycles. The zero-order chi connectivity index (χ0) is 14.7. The van der Waals surface area contributed by atoms with E-state index in [4.69, 9.17) is 16.3 Å². The second-order valence-corrected chi connectivity index (χ2v) is 6.06. The van der Waals surface area contributed by atoms with Crippen molar-refractivity contribution < 1.29 is 9.53 Å². The molecule has 1 heterocycles. The van der Waals surface area contributed by atoms with Crippen LogP contribution in [0.15, 0.2) is 18.2 Å². The van der Waals surface area contributed by atoms with Gasteiger partial charge in [0.05, 0.1) is 12.8 Å². The zero-order valence-electron chi connectivity index (χ0n) is 12.1. The Labute approximate surface area is 125 Å². The highest BCUT2D eigenvalue weighted by atomic mass is 35.5. The van der Waals surface area contributed by atoms with Crippen molar-refractivity contribution in [3.05, 3.63) is 23.2 Å². The number of anilines is 1. The molecule has 1 N–H and O–H groups in total. The van der Waals surface area contributed by atoms with Crippen molar-refractivity contribution in [2.24, 2.45) is 11.8 Å². The van der Waals surface area contributed by atoms with Gasteiger partial charge >= 0.3 is 6.03 Å². The molecule has 2 amide bonds. The lowest BCUT2D eigenvalue weighted by Gasteiger charge is -2.35. The number of carbonyl (C=O) groups is 1. The van der Waals surface area contributed by atoms with Crippen LogP contribution in [0.1, 0.15) is 20.3 Å². The molecular formula is C15H21ClN2O2. The van der Waals surface area contributed by atoms with Crippen LogP contribution in [0, 0.1) is 11.8 Å². The third-order valence-corrected chi connectivity index (χ3v) is 3.79. The Hall–Kier alpha value is -1.42. The van der Waals surface area contributed by atoms with E-state index in [1.165, 1.54) is 6.42 Å². The number of methoxy groups -OCH3 is 1. The first kappa shape index (κ1) is 15.0. The van der Waals surface area contributed by atoms with Crippen LogP contribution in [0.3, 0.4) is 0 Å². The minimum Gasteiger partial charge on any atom is -0.495 e. The molecule has 0 bridgehead atoms. The van der Waals surface area contributed by atoms with Gasteiger partial charge in [0, 0.05) is 18.1 Å². The summed E-state index contributed by atoms with van der Waals surface area (Å²) in [7, 11) is 1.57. The molecule has 0 aromatic heterocycles. The van der Waals surface area contributed by atoms with Gasteiger partial charge < -0.3 is 15.0 Å². The fraction of sp³-hybridized carbons (Fsp3) is 0.533. The van der Waals surface area contributed by atoms with Crippen molar-refractivity contribution in [2.75, 3.05) is 25.5 Å². The summed E-state index contributed by atoms with van der Waals surface area (Å²) in [4.78, 5) is 14.2. The number of nitrogens with zero attached hydrogens (tertiary/aromatic N) is 1. The van der Waals surface area contributed by atoms with Gasteiger partial charge in [0.15, 0.2) is 0 Å². The second-order valence-electron chi connectivity index (χ2n) is 5.63. The van der Waals surface area contributed by atoms with Crippen molar-refractivity contribution >= 4 is 23.3 Å². The Morgan fingerprint density at radius 1 is 1.35 bits per heavy atom. The maximum atomic E-state index is 12.4. The third kappa shape index (κ3) is 3.57. The number of hydrogen-bond acceptors (Lipinski definition) is 2. The Morgan fingerprint density at radius 3 is 2.60 bits per heavy atom. The molecule has 1 aromatic rings. The fourth-order valence-corrected chi connectivity index (χ4v) is 2.97. The van der Waals surface area contributed by atoms with E-state index in [0.29, 0.717) is 28.3 Å². The molecule has 2 atom stereocenters. The minimum atomic E-state index is -0.0935. The van der Waals surface area contributed by atoms with Crippen molar-refractivity contribution in [3.63, 3.8) is 0 Å². The van der Waals surface area contributed by atoms with Gasteiger partial charge in [0.1, 0.15) is 5.75 Å². The number of halogens is 1. The van der Waals surface area contributed by atoms with Crippen LogP contribution < -0.4 is 10.1 Å². The van der Waals surface area contributed by atoms with E-state index in [-0.39, 0.29) is 6.03 Å². The number of amides is 2. The van der Waals surface area contributed by atoms with E-state index in [1.807, 2.05) is 4.90 Å². The molecule has 4 nitrogen and oxygen atoms in total. The van der Waals surface area contributed by atoms with E-state index in [2.05, 4.69) is 19.2 Å². The highest BCUT2D eigenvalue weighted by Gasteiger charge is 2.25. The maximum absolute atomic E-state index is 12.4. The zero-order valence-corrected chi connectivity index (χ0v) is 12.9. The van der Waals surface area contributed by atoms with Gasteiger partial charge in [-0.3, -0.25) is 0 Å². The van der Waals surface area contributed by atoms with Crippen LogP contribution in [-0.4, -0.2) is 31.1 Å². The predicted molar refractivity (Wildman–Crippen MR) is 81.5 cm³/mol. The second kappa shape index (κ2) is 6.35. The summed E-state index contributed by atoms with van der Waals surface area (Å²) in [6.45, 7) is 5.93. The van der Waals surface area contributed by atoms with E-state index < -0.39 is 0 Å². The van der Waals surface area contributed by atoms with E-state index in [0.717, 1.165) is 13.1 Å². The summed E-state index contributed by atoms with van der Waals surface area (Å²) in [5.74, 6) is 1.68. The number of urea groups is 1. The summed E-state index contributed by atoms with van der Waals surface area (Å²) >= 11 is 5.97. The fourth-order valence-electron chi connectivity index (χ4n) is 2.80. The molecule has 0 spiro atoms. The lowest BCUT2D eigenvalue weighted by molar-refractivity contribution is 0.156. The maximum Gasteiger partial charge on any atom is 0.321 e. The number of ether oxygens (including phenoxy) is 1. The first-order valence-electron chi connectivity index (χ1n) is 6.89. The Bertz CT molecular complexity index is 483. The summed E-state index contributed by atoms with van der Waals surface area (Å²) in [5.41, 5.74) is 0.607. The number of likely N-dealkylation sites (tertiary alicyclic amines) is 1. The van der Waals surface area contributed by atoms with Crippen LogP contribution in [0.5, 0.6) is 5.75 Å². The summed E-state index contributed by atoms with van der Waals surface area (Å²) < 4.78 is 5.24. The molecule has 5 heteroatoms. The Kier molecular flexibility index (Phi) is 4.76. The van der Waals surface area contributed by atoms with Crippen molar-refractivity contribution in [3.8, 4) is 5.75 Å². The van der Waals surface area contributed by atoms with E-state index in [9.17, 15) is 4.79 Å². The van der Waals surface area contributed by atoms with Gasteiger partial charge in [-0.15, -0.1) is 0 Å². The van der Waals surface area contributed by atoms with Gasteiger partial charge in [-0.05, 0) is 36.5 Å². The molecule has 0 aliphatic carbocycles. The Balaban J connectivity index is 2.09. The van der Waals surface area contributed by atoms with Crippen LogP contribution in [0.2, 0.25) is 5.02 Å². The standard InChI is InChI=1S/C15H21ClN2O2/c1-10-6-11(2)9-18(8-10)15(19)17-13-7-12(16)4-5-14(13)20-3/h4-5,7,10-11H,6,8-9H2,1-3H3,(H,17,19)/t10-,11-/m1/s1. The monoisotopic (exact) mass is 296 g/mol. The third-order valence-electron chi connectivity index (χ3n) is 3.56. The molecule has 0 unspecified atom stereocenters. The largest absolute Gasteiger partial charge is 0.495 e. The van der Waals surface area contributed by atoms with Gasteiger partial charge in [-0.1, -0.05) is 25.4 Å². The van der Waals surface area contributed by atoms with Crippen LogP contribution in [-0.2, 0) is 0 Å². The summed E-state index contributed by atoms with van der Waals surface area (Å²) in [6, 6.07) is 5.10. The van der Waals surface area contributed by atoms with Gasteiger partial charge in [0.25, 0.3) is 0 Å².